The molecular formula is C28H24Cl2N6. The zero-order valence-corrected chi connectivity index (χ0v) is 21.0. The topological polar surface area (TPSA) is 50.1 Å². The summed E-state index contributed by atoms with van der Waals surface area (Å²) in [5.41, 5.74) is 4.22. The Morgan fingerprint density at radius 1 is 0.694 bits per heavy atom. The molecule has 0 radical (unpaired) electrons. The molecule has 3 aromatic carbocycles. The molecule has 2 aromatic heterocycles. The van der Waals surface area contributed by atoms with Crippen molar-refractivity contribution in [1.29, 1.82) is 0 Å². The second-order valence-electron chi connectivity index (χ2n) is 8.86. The van der Waals surface area contributed by atoms with Crippen molar-refractivity contribution in [3.05, 3.63) is 113 Å². The first kappa shape index (κ1) is 23.0. The number of nitrogens with zero attached hydrogens (tertiary/aromatic N) is 6. The number of fused-ring (bicyclic) bond motifs is 1. The normalized spacial score (nSPS) is 15.3. The van der Waals surface area contributed by atoms with E-state index in [9.17, 15) is 0 Å². The minimum absolute atomic E-state index is 0.170. The molecule has 36 heavy (non-hydrogen) atoms. The quantitative estimate of drug-likeness (QED) is 0.286. The SMILES string of the molecule is Clc1ccc([C@@H](c2ccccc2)N2CCN(c3ncnc4c3cnn4-c3ccc(Cl)cc3)CC2)cc1. The van der Waals surface area contributed by atoms with Gasteiger partial charge in [-0.05, 0) is 47.5 Å². The standard InChI is InChI=1S/C28H24Cl2N6/c29-22-8-6-21(7-9-22)26(20-4-2-1-3-5-20)34-14-16-35(17-15-34)27-25-18-33-36(28(25)32-19-31-27)24-12-10-23(30)11-13-24/h1-13,18-19,26H,14-17H2/t26-/m1/s1. The van der Waals surface area contributed by atoms with Gasteiger partial charge < -0.3 is 4.90 Å². The van der Waals surface area contributed by atoms with Gasteiger partial charge in [0.05, 0.1) is 23.3 Å². The third kappa shape index (κ3) is 4.44. The molecule has 1 aliphatic heterocycles. The lowest BCUT2D eigenvalue weighted by Gasteiger charge is -2.40. The van der Waals surface area contributed by atoms with E-state index in [0.29, 0.717) is 5.02 Å². The third-order valence-electron chi connectivity index (χ3n) is 6.70. The maximum atomic E-state index is 6.19. The van der Waals surface area contributed by atoms with Crippen LogP contribution >= 0.6 is 23.2 Å². The van der Waals surface area contributed by atoms with E-state index in [0.717, 1.165) is 53.7 Å². The summed E-state index contributed by atoms with van der Waals surface area (Å²) >= 11 is 12.3. The fourth-order valence-electron chi connectivity index (χ4n) is 4.94. The third-order valence-corrected chi connectivity index (χ3v) is 7.20. The molecule has 6 rings (SSSR count). The van der Waals surface area contributed by atoms with Crippen molar-refractivity contribution in [1.82, 2.24) is 24.6 Å². The number of rotatable bonds is 5. The summed E-state index contributed by atoms with van der Waals surface area (Å²) in [5.74, 6) is 0.919. The maximum Gasteiger partial charge on any atom is 0.168 e. The van der Waals surface area contributed by atoms with Gasteiger partial charge in [-0.3, -0.25) is 4.90 Å². The van der Waals surface area contributed by atoms with Gasteiger partial charge in [0.1, 0.15) is 12.1 Å². The van der Waals surface area contributed by atoms with Gasteiger partial charge in [-0.25, -0.2) is 14.6 Å². The predicted molar refractivity (Wildman–Crippen MR) is 145 cm³/mol. The molecule has 1 atom stereocenters. The molecule has 0 unspecified atom stereocenters. The van der Waals surface area contributed by atoms with Gasteiger partial charge in [0.15, 0.2) is 5.65 Å². The Morgan fingerprint density at radius 3 is 2.03 bits per heavy atom. The van der Waals surface area contributed by atoms with Crippen LogP contribution in [0.2, 0.25) is 10.0 Å². The van der Waals surface area contributed by atoms with Crippen LogP contribution in [0.3, 0.4) is 0 Å². The van der Waals surface area contributed by atoms with Crippen LogP contribution in [0, 0.1) is 0 Å². The molecule has 0 amide bonds. The zero-order chi connectivity index (χ0) is 24.5. The van der Waals surface area contributed by atoms with Crippen LogP contribution in [0.4, 0.5) is 5.82 Å². The number of aromatic nitrogens is 4. The molecule has 0 aliphatic carbocycles. The monoisotopic (exact) mass is 514 g/mol. The van der Waals surface area contributed by atoms with Crippen LogP contribution in [0.25, 0.3) is 16.7 Å². The highest BCUT2D eigenvalue weighted by molar-refractivity contribution is 6.30. The first-order valence-corrected chi connectivity index (χ1v) is 12.7. The summed E-state index contributed by atoms with van der Waals surface area (Å²) in [5, 5.41) is 6.99. The van der Waals surface area contributed by atoms with Gasteiger partial charge in [-0.2, -0.15) is 5.10 Å². The lowest BCUT2D eigenvalue weighted by Crippen LogP contribution is -2.48. The minimum atomic E-state index is 0.170. The van der Waals surface area contributed by atoms with Crippen LogP contribution in [0.1, 0.15) is 17.2 Å². The highest BCUT2D eigenvalue weighted by atomic mass is 35.5. The average molecular weight is 515 g/mol. The van der Waals surface area contributed by atoms with E-state index in [2.05, 4.69) is 67.3 Å². The van der Waals surface area contributed by atoms with E-state index in [4.69, 9.17) is 23.2 Å². The number of anilines is 1. The number of piperazine rings is 1. The highest BCUT2D eigenvalue weighted by Gasteiger charge is 2.28. The van der Waals surface area contributed by atoms with Gasteiger partial charge in [0.2, 0.25) is 0 Å². The molecule has 5 aromatic rings. The summed E-state index contributed by atoms with van der Waals surface area (Å²) < 4.78 is 1.83. The average Bonchev–Trinajstić information content (AvgIpc) is 3.36. The van der Waals surface area contributed by atoms with Crippen molar-refractivity contribution in [2.45, 2.75) is 6.04 Å². The van der Waals surface area contributed by atoms with Crippen molar-refractivity contribution in [3.63, 3.8) is 0 Å². The van der Waals surface area contributed by atoms with Crippen LogP contribution in [0.5, 0.6) is 0 Å². The van der Waals surface area contributed by atoms with E-state index in [1.807, 2.05) is 47.3 Å². The van der Waals surface area contributed by atoms with Gasteiger partial charge in [-0.1, -0.05) is 65.7 Å². The molecule has 1 saturated heterocycles. The molecular weight excluding hydrogens is 491 g/mol. The Hall–Kier alpha value is -3.45. The van der Waals surface area contributed by atoms with Gasteiger partial charge >= 0.3 is 0 Å². The first-order chi connectivity index (χ1) is 17.7. The summed E-state index contributed by atoms with van der Waals surface area (Å²) in [6.07, 6.45) is 3.48. The van der Waals surface area contributed by atoms with Crippen LogP contribution in [-0.4, -0.2) is 50.8 Å². The van der Waals surface area contributed by atoms with Gasteiger partial charge in [-0.15, -0.1) is 0 Å². The Bertz CT molecular complexity index is 1460. The number of halogens is 2. The van der Waals surface area contributed by atoms with E-state index >= 15 is 0 Å². The Kier molecular flexibility index (Phi) is 6.32. The fourth-order valence-corrected chi connectivity index (χ4v) is 5.19. The molecule has 0 N–H and O–H groups in total. The Labute approximate surface area is 219 Å². The van der Waals surface area contributed by atoms with E-state index < -0.39 is 0 Å². The molecule has 180 valence electrons. The van der Waals surface area contributed by atoms with Crippen molar-refractivity contribution < 1.29 is 0 Å². The lowest BCUT2D eigenvalue weighted by molar-refractivity contribution is 0.212. The van der Waals surface area contributed by atoms with E-state index in [-0.39, 0.29) is 6.04 Å². The molecule has 0 bridgehead atoms. The second kappa shape index (κ2) is 9.90. The molecule has 3 heterocycles. The summed E-state index contributed by atoms with van der Waals surface area (Å²) in [4.78, 5) is 14.1. The van der Waals surface area contributed by atoms with Gasteiger partial charge in [0, 0.05) is 36.2 Å². The smallest absolute Gasteiger partial charge is 0.168 e. The molecule has 0 saturated carbocycles. The molecule has 1 aliphatic rings. The van der Waals surface area contributed by atoms with Crippen molar-refractivity contribution in [2.24, 2.45) is 0 Å². The Morgan fingerprint density at radius 2 is 1.33 bits per heavy atom. The molecule has 0 spiro atoms. The van der Waals surface area contributed by atoms with Gasteiger partial charge in [0.25, 0.3) is 0 Å². The first-order valence-electron chi connectivity index (χ1n) is 11.9. The van der Waals surface area contributed by atoms with Crippen LogP contribution in [0.15, 0.2) is 91.4 Å². The van der Waals surface area contributed by atoms with Crippen LogP contribution < -0.4 is 4.90 Å². The maximum absolute atomic E-state index is 6.19. The van der Waals surface area contributed by atoms with Crippen molar-refractivity contribution >= 4 is 40.1 Å². The van der Waals surface area contributed by atoms with E-state index in [1.165, 1.54) is 11.1 Å². The lowest BCUT2D eigenvalue weighted by atomic mass is 9.96. The predicted octanol–water partition coefficient (Wildman–Crippen LogP) is 6.03. The van der Waals surface area contributed by atoms with Crippen molar-refractivity contribution in [2.75, 3.05) is 31.1 Å². The molecule has 6 nitrogen and oxygen atoms in total. The molecule has 8 heteroatoms. The van der Waals surface area contributed by atoms with Crippen LogP contribution in [-0.2, 0) is 0 Å². The zero-order valence-electron chi connectivity index (χ0n) is 19.5. The number of hydrogen-bond acceptors (Lipinski definition) is 5. The second-order valence-corrected chi connectivity index (χ2v) is 9.73. The largest absolute Gasteiger partial charge is 0.353 e. The Balaban J connectivity index is 1.26. The number of benzene rings is 3. The summed E-state index contributed by atoms with van der Waals surface area (Å²) in [7, 11) is 0. The fraction of sp³-hybridized carbons (Fsp3) is 0.179. The summed E-state index contributed by atoms with van der Waals surface area (Å²) in [6.45, 7) is 3.52. The molecule has 1 fully saturated rings. The summed E-state index contributed by atoms with van der Waals surface area (Å²) in [6, 6.07) is 26.6. The number of hydrogen-bond donors (Lipinski definition) is 0. The minimum Gasteiger partial charge on any atom is -0.353 e. The van der Waals surface area contributed by atoms with Crippen molar-refractivity contribution in [3.8, 4) is 5.69 Å². The van der Waals surface area contributed by atoms with E-state index in [1.54, 1.807) is 6.33 Å². The highest BCUT2D eigenvalue weighted by Crippen LogP contribution is 2.32.